The average Bonchev–Trinajstić information content (AvgIpc) is 2.39. The van der Waals surface area contributed by atoms with Crippen LogP contribution in [0.25, 0.3) is 21.7 Å². The minimum absolute atomic E-state index is 0.0709. The summed E-state index contributed by atoms with van der Waals surface area (Å²) < 4.78 is 0.391. The highest BCUT2D eigenvalue weighted by atomic mass is 79.9. The molecule has 0 aliphatic carbocycles. The number of rotatable bonds is 1. The van der Waals surface area contributed by atoms with Crippen molar-refractivity contribution >= 4 is 43.3 Å². The third kappa shape index (κ3) is 1.80. The van der Waals surface area contributed by atoms with Crippen LogP contribution in [0.15, 0.2) is 45.7 Å². The van der Waals surface area contributed by atoms with Crippen molar-refractivity contribution in [1.29, 1.82) is 0 Å². The molecule has 0 radical (unpaired) electrons. The number of aromatic amines is 1. The van der Waals surface area contributed by atoms with Crippen LogP contribution in [0.2, 0.25) is 0 Å². The topological polar surface area (TPSA) is 76.0 Å². The summed E-state index contributed by atoms with van der Waals surface area (Å²) in [6.45, 7) is 0. The first kappa shape index (κ1) is 11.9. The van der Waals surface area contributed by atoms with Crippen LogP contribution in [-0.4, -0.2) is 9.91 Å². The zero-order valence-electron chi connectivity index (χ0n) is 9.51. The number of aromatic nitrogens is 1. The lowest BCUT2D eigenvalue weighted by Gasteiger charge is -2.04. The number of fused-ring (bicyclic) bond motifs is 3. The van der Waals surface area contributed by atoms with Crippen molar-refractivity contribution in [3.63, 3.8) is 0 Å². The van der Waals surface area contributed by atoms with Crippen molar-refractivity contribution in [2.75, 3.05) is 0 Å². The highest BCUT2D eigenvalue weighted by Crippen LogP contribution is 2.31. The lowest BCUT2D eigenvalue weighted by atomic mass is 10.1. The van der Waals surface area contributed by atoms with E-state index in [1.165, 1.54) is 6.07 Å². The Morgan fingerprint density at radius 3 is 2.47 bits per heavy atom. The second kappa shape index (κ2) is 4.17. The van der Waals surface area contributed by atoms with Gasteiger partial charge in [-0.2, -0.15) is 0 Å². The van der Waals surface area contributed by atoms with E-state index >= 15 is 0 Å². The van der Waals surface area contributed by atoms with E-state index in [0.29, 0.717) is 15.4 Å². The van der Waals surface area contributed by atoms with Crippen LogP contribution in [-0.2, 0) is 0 Å². The molecule has 2 aromatic carbocycles. The zero-order valence-corrected chi connectivity index (χ0v) is 11.1. The van der Waals surface area contributed by atoms with Gasteiger partial charge in [-0.25, -0.2) is 0 Å². The van der Waals surface area contributed by atoms with Crippen molar-refractivity contribution in [3.8, 4) is 0 Å². The minimum atomic E-state index is -0.489. The van der Waals surface area contributed by atoms with Gasteiger partial charge in [0.15, 0.2) is 0 Å². The summed E-state index contributed by atoms with van der Waals surface area (Å²) in [4.78, 5) is 25.0. The standard InChI is InChI=1S/C13H7BrN2O3/c14-10-5-9-7-3-1-2-4-8(7)13(17)15-11(9)6-12(10)16(18)19/h1-6H,(H,15,17). The first-order valence-corrected chi connectivity index (χ1v) is 6.26. The van der Waals surface area contributed by atoms with Gasteiger partial charge >= 0.3 is 0 Å². The van der Waals surface area contributed by atoms with Crippen molar-refractivity contribution in [3.05, 3.63) is 61.3 Å². The Kier molecular flexibility index (Phi) is 2.60. The van der Waals surface area contributed by atoms with E-state index < -0.39 is 4.92 Å². The molecule has 0 spiro atoms. The van der Waals surface area contributed by atoms with E-state index in [2.05, 4.69) is 20.9 Å². The Hall–Kier alpha value is -2.21. The molecule has 0 atom stereocenters. The molecule has 0 saturated carbocycles. The molecule has 19 heavy (non-hydrogen) atoms. The Morgan fingerprint density at radius 1 is 1.11 bits per heavy atom. The summed E-state index contributed by atoms with van der Waals surface area (Å²) in [5, 5.41) is 13.0. The average molecular weight is 319 g/mol. The maximum absolute atomic E-state index is 11.9. The molecule has 3 rings (SSSR count). The Labute approximate surface area is 115 Å². The molecule has 5 nitrogen and oxygen atoms in total. The second-order valence-corrected chi connectivity index (χ2v) is 4.96. The fourth-order valence-electron chi connectivity index (χ4n) is 2.13. The number of nitrogens with zero attached hydrogens (tertiary/aromatic N) is 1. The van der Waals surface area contributed by atoms with E-state index in [4.69, 9.17) is 0 Å². The minimum Gasteiger partial charge on any atom is -0.321 e. The van der Waals surface area contributed by atoms with Crippen molar-refractivity contribution in [2.45, 2.75) is 0 Å². The molecule has 1 N–H and O–H groups in total. The SMILES string of the molecule is O=c1[nH]c2cc([N+](=O)[O-])c(Br)cc2c2ccccc12. The molecule has 0 fully saturated rings. The second-order valence-electron chi connectivity index (χ2n) is 4.11. The zero-order chi connectivity index (χ0) is 13.6. The first-order valence-electron chi connectivity index (χ1n) is 5.46. The summed E-state index contributed by atoms with van der Waals surface area (Å²) in [7, 11) is 0. The van der Waals surface area contributed by atoms with E-state index in [9.17, 15) is 14.9 Å². The van der Waals surface area contributed by atoms with Crippen LogP contribution in [0.5, 0.6) is 0 Å². The quantitative estimate of drug-likeness (QED) is 0.424. The molecular weight excluding hydrogens is 312 g/mol. The van der Waals surface area contributed by atoms with Gasteiger partial charge in [0.1, 0.15) is 0 Å². The van der Waals surface area contributed by atoms with Gasteiger partial charge in [0.05, 0.1) is 14.9 Å². The summed E-state index contributed by atoms with van der Waals surface area (Å²) in [5.41, 5.74) is 0.136. The monoisotopic (exact) mass is 318 g/mol. The predicted molar refractivity (Wildman–Crippen MR) is 76.4 cm³/mol. The summed E-state index contributed by atoms with van der Waals surface area (Å²) in [6.07, 6.45) is 0. The molecule has 3 aromatic rings. The van der Waals surface area contributed by atoms with Crippen LogP contribution >= 0.6 is 15.9 Å². The van der Waals surface area contributed by atoms with Gasteiger partial charge in [-0.15, -0.1) is 0 Å². The molecule has 0 unspecified atom stereocenters. The molecule has 94 valence electrons. The molecule has 6 heteroatoms. The maximum atomic E-state index is 11.9. The van der Waals surface area contributed by atoms with Crippen molar-refractivity contribution in [2.24, 2.45) is 0 Å². The largest absolute Gasteiger partial charge is 0.321 e. The molecule has 1 heterocycles. The van der Waals surface area contributed by atoms with E-state index in [-0.39, 0.29) is 11.2 Å². The third-order valence-electron chi connectivity index (χ3n) is 2.99. The van der Waals surface area contributed by atoms with Crippen LogP contribution < -0.4 is 5.56 Å². The first-order chi connectivity index (χ1) is 9.08. The third-order valence-corrected chi connectivity index (χ3v) is 3.63. The highest BCUT2D eigenvalue weighted by molar-refractivity contribution is 9.10. The number of halogens is 1. The van der Waals surface area contributed by atoms with E-state index in [1.807, 2.05) is 12.1 Å². The predicted octanol–water partition coefficient (Wildman–Crippen LogP) is 3.35. The summed E-state index contributed by atoms with van der Waals surface area (Å²) in [6, 6.07) is 10.2. The summed E-state index contributed by atoms with van der Waals surface area (Å²) in [5.74, 6) is 0. The number of nitro benzene ring substituents is 1. The van der Waals surface area contributed by atoms with Crippen LogP contribution in [0.3, 0.4) is 0 Å². The van der Waals surface area contributed by atoms with Crippen LogP contribution in [0.4, 0.5) is 5.69 Å². The van der Waals surface area contributed by atoms with Gasteiger partial charge in [-0.3, -0.25) is 14.9 Å². The lowest BCUT2D eigenvalue weighted by Crippen LogP contribution is -2.06. The fraction of sp³-hybridized carbons (Fsp3) is 0. The molecule has 0 aliphatic rings. The Balaban J connectivity index is 2.54. The fourth-order valence-corrected chi connectivity index (χ4v) is 2.62. The number of benzene rings is 2. The Morgan fingerprint density at radius 2 is 1.79 bits per heavy atom. The molecule has 1 aromatic heterocycles. The van der Waals surface area contributed by atoms with Gasteiger partial charge in [0, 0.05) is 16.8 Å². The number of H-pyrrole nitrogens is 1. The molecule has 0 amide bonds. The number of hydrogen-bond acceptors (Lipinski definition) is 3. The molecular formula is C13H7BrN2O3. The number of pyridine rings is 1. The van der Waals surface area contributed by atoms with Crippen molar-refractivity contribution in [1.82, 2.24) is 4.98 Å². The van der Waals surface area contributed by atoms with Crippen LogP contribution in [0, 0.1) is 10.1 Å². The summed E-state index contributed by atoms with van der Waals surface area (Å²) >= 11 is 3.19. The smallest absolute Gasteiger partial charge is 0.285 e. The normalized spacial score (nSPS) is 11.0. The molecule has 0 bridgehead atoms. The molecule has 0 saturated heterocycles. The van der Waals surface area contributed by atoms with Gasteiger partial charge in [-0.05, 0) is 33.4 Å². The number of hydrogen-bond donors (Lipinski definition) is 1. The van der Waals surface area contributed by atoms with Gasteiger partial charge in [-0.1, -0.05) is 18.2 Å². The Bertz CT molecular complexity index is 886. The number of nitrogens with one attached hydrogen (secondary N) is 1. The van der Waals surface area contributed by atoms with Gasteiger partial charge in [0.2, 0.25) is 0 Å². The van der Waals surface area contributed by atoms with Crippen LogP contribution in [0.1, 0.15) is 0 Å². The van der Waals surface area contributed by atoms with Gasteiger partial charge in [0.25, 0.3) is 11.2 Å². The van der Waals surface area contributed by atoms with Crippen molar-refractivity contribution < 1.29 is 4.92 Å². The highest BCUT2D eigenvalue weighted by Gasteiger charge is 2.15. The molecule has 0 aliphatic heterocycles. The van der Waals surface area contributed by atoms with Gasteiger partial charge < -0.3 is 4.98 Å². The van der Waals surface area contributed by atoms with E-state index in [0.717, 1.165) is 10.8 Å². The maximum Gasteiger partial charge on any atom is 0.285 e. The lowest BCUT2D eigenvalue weighted by molar-refractivity contribution is -0.385. The number of nitro groups is 1. The van der Waals surface area contributed by atoms with E-state index in [1.54, 1.807) is 18.2 Å².